The number of hydrogen-bond acceptors (Lipinski definition) is 3. The topological polar surface area (TPSA) is 58.4 Å². The molecule has 0 aromatic carbocycles. The van der Waals surface area contributed by atoms with Crippen LogP contribution in [0.1, 0.15) is 44.8 Å². The molecule has 0 saturated heterocycles. The Hall–Kier alpha value is -2.11. The van der Waals surface area contributed by atoms with Crippen molar-refractivity contribution in [1.82, 2.24) is 19.4 Å². The van der Waals surface area contributed by atoms with E-state index in [2.05, 4.69) is 23.4 Å². The molecule has 0 N–H and O–H groups in total. The summed E-state index contributed by atoms with van der Waals surface area (Å²) < 4.78 is 2.09. The van der Waals surface area contributed by atoms with E-state index in [1.54, 1.807) is 0 Å². The minimum atomic E-state index is -0.0395. The Morgan fingerprint density at radius 2 is 1.92 bits per heavy atom. The van der Waals surface area contributed by atoms with Crippen molar-refractivity contribution in [2.75, 3.05) is 19.6 Å². The fourth-order valence-electron chi connectivity index (χ4n) is 3.39. The van der Waals surface area contributed by atoms with Gasteiger partial charge in [0.05, 0.1) is 18.2 Å². The van der Waals surface area contributed by atoms with E-state index in [0.29, 0.717) is 38.4 Å². The second kappa shape index (κ2) is 6.79. The third-order valence-electron chi connectivity index (χ3n) is 4.69. The zero-order chi connectivity index (χ0) is 17.3. The Morgan fingerprint density at radius 1 is 1.21 bits per heavy atom. The van der Waals surface area contributed by atoms with E-state index in [-0.39, 0.29) is 17.9 Å². The first-order valence-electron chi connectivity index (χ1n) is 8.74. The number of hydrogen-bond donors (Lipinski definition) is 0. The van der Waals surface area contributed by atoms with E-state index in [9.17, 15) is 9.59 Å². The predicted molar refractivity (Wildman–Crippen MR) is 91.2 cm³/mol. The van der Waals surface area contributed by atoms with Crippen molar-refractivity contribution in [3.05, 3.63) is 29.9 Å². The number of amides is 2. The van der Waals surface area contributed by atoms with E-state index >= 15 is 0 Å². The SMILES string of the molecule is CC(C)CC(=O)N1CCn2cc(CC(=O)N3CC=CC3)nc2[C@H]1C. The highest BCUT2D eigenvalue weighted by molar-refractivity contribution is 5.79. The van der Waals surface area contributed by atoms with Gasteiger partial charge in [-0.3, -0.25) is 9.59 Å². The molecule has 0 unspecified atom stereocenters. The molecule has 0 spiro atoms. The number of carbonyl (C=O) groups is 2. The van der Waals surface area contributed by atoms with Crippen molar-refractivity contribution in [2.24, 2.45) is 5.92 Å². The van der Waals surface area contributed by atoms with Crippen molar-refractivity contribution >= 4 is 11.8 Å². The molecule has 2 amide bonds. The fourth-order valence-corrected chi connectivity index (χ4v) is 3.39. The Kier molecular flexibility index (Phi) is 4.73. The molecule has 130 valence electrons. The van der Waals surface area contributed by atoms with Gasteiger partial charge in [0.1, 0.15) is 5.82 Å². The molecule has 0 bridgehead atoms. The van der Waals surface area contributed by atoms with Crippen molar-refractivity contribution in [2.45, 2.75) is 46.2 Å². The summed E-state index contributed by atoms with van der Waals surface area (Å²) >= 11 is 0. The quantitative estimate of drug-likeness (QED) is 0.791. The summed E-state index contributed by atoms with van der Waals surface area (Å²) in [5, 5.41) is 0. The van der Waals surface area contributed by atoms with Crippen LogP contribution in [0.2, 0.25) is 0 Å². The van der Waals surface area contributed by atoms with Gasteiger partial charge < -0.3 is 14.4 Å². The lowest BCUT2D eigenvalue weighted by Crippen LogP contribution is -2.41. The number of rotatable bonds is 4. The minimum absolute atomic E-state index is 0.0395. The molecule has 0 radical (unpaired) electrons. The summed E-state index contributed by atoms with van der Waals surface area (Å²) in [5.41, 5.74) is 0.798. The number of fused-ring (bicyclic) bond motifs is 1. The number of nitrogens with zero attached hydrogens (tertiary/aromatic N) is 4. The van der Waals surface area contributed by atoms with Crippen LogP contribution in [0.5, 0.6) is 0 Å². The molecule has 1 aromatic rings. The molecular formula is C18H26N4O2. The van der Waals surface area contributed by atoms with Gasteiger partial charge in [-0.05, 0) is 12.8 Å². The van der Waals surface area contributed by atoms with Gasteiger partial charge in [-0.25, -0.2) is 4.98 Å². The first-order valence-corrected chi connectivity index (χ1v) is 8.74. The van der Waals surface area contributed by atoms with E-state index < -0.39 is 0 Å². The monoisotopic (exact) mass is 330 g/mol. The van der Waals surface area contributed by atoms with Gasteiger partial charge in [0.25, 0.3) is 0 Å². The third-order valence-corrected chi connectivity index (χ3v) is 4.69. The van der Waals surface area contributed by atoms with Crippen LogP contribution in [0.3, 0.4) is 0 Å². The van der Waals surface area contributed by atoms with Crippen LogP contribution >= 0.6 is 0 Å². The number of imidazole rings is 1. The van der Waals surface area contributed by atoms with Gasteiger partial charge >= 0.3 is 0 Å². The highest BCUT2D eigenvalue weighted by atomic mass is 16.2. The summed E-state index contributed by atoms with van der Waals surface area (Å²) in [4.78, 5) is 33.1. The first kappa shape index (κ1) is 16.7. The average Bonchev–Trinajstić information content (AvgIpc) is 3.15. The Balaban J connectivity index is 1.69. The normalized spacial score (nSPS) is 19.9. The van der Waals surface area contributed by atoms with Crippen LogP contribution in [0, 0.1) is 5.92 Å². The minimum Gasteiger partial charge on any atom is -0.335 e. The lowest BCUT2D eigenvalue weighted by atomic mass is 10.1. The fraction of sp³-hybridized carbons (Fsp3) is 0.611. The lowest BCUT2D eigenvalue weighted by Gasteiger charge is -2.34. The molecule has 3 heterocycles. The van der Waals surface area contributed by atoms with Crippen LogP contribution in [-0.2, 0) is 22.6 Å². The van der Waals surface area contributed by atoms with Crippen LogP contribution < -0.4 is 0 Å². The van der Waals surface area contributed by atoms with Crippen molar-refractivity contribution in [3.8, 4) is 0 Å². The Morgan fingerprint density at radius 3 is 2.58 bits per heavy atom. The summed E-state index contributed by atoms with van der Waals surface area (Å²) in [6.07, 6.45) is 6.89. The highest BCUT2D eigenvalue weighted by Crippen LogP contribution is 2.26. The lowest BCUT2D eigenvalue weighted by molar-refractivity contribution is -0.135. The molecule has 1 aromatic heterocycles. The van der Waals surface area contributed by atoms with Gasteiger partial charge in [0, 0.05) is 38.8 Å². The molecule has 2 aliphatic heterocycles. The van der Waals surface area contributed by atoms with Crippen LogP contribution in [0.25, 0.3) is 0 Å². The Bertz CT molecular complexity index is 654. The second-order valence-electron chi connectivity index (χ2n) is 7.09. The zero-order valence-electron chi connectivity index (χ0n) is 14.7. The predicted octanol–water partition coefficient (Wildman–Crippen LogP) is 1.77. The average molecular weight is 330 g/mol. The van der Waals surface area contributed by atoms with Gasteiger partial charge in [-0.1, -0.05) is 26.0 Å². The van der Waals surface area contributed by atoms with Gasteiger partial charge in [0.15, 0.2) is 0 Å². The maximum atomic E-state index is 12.4. The van der Waals surface area contributed by atoms with Crippen molar-refractivity contribution in [1.29, 1.82) is 0 Å². The van der Waals surface area contributed by atoms with E-state index in [0.717, 1.165) is 18.1 Å². The molecule has 2 aliphatic rings. The molecule has 3 rings (SSSR count). The number of carbonyl (C=O) groups excluding carboxylic acids is 2. The highest BCUT2D eigenvalue weighted by Gasteiger charge is 2.30. The molecule has 24 heavy (non-hydrogen) atoms. The van der Waals surface area contributed by atoms with Crippen LogP contribution in [-0.4, -0.2) is 50.8 Å². The molecule has 0 saturated carbocycles. The standard InChI is InChI=1S/C18H26N4O2/c1-13(2)10-17(24)22-9-8-21-12-15(19-18(21)14(22)3)11-16(23)20-6-4-5-7-20/h4-5,12-14H,6-11H2,1-3H3/t14-/m1/s1. The maximum absolute atomic E-state index is 12.4. The summed E-state index contributed by atoms with van der Waals surface area (Å²) in [5.74, 6) is 1.54. The third kappa shape index (κ3) is 3.37. The summed E-state index contributed by atoms with van der Waals surface area (Å²) in [6, 6.07) is -0.0395. The van der Waals surface area contributed by atoms with Gasteiger partial charge in [-0.2, -0.15) is 0 Å². The smallest absolute Gasteiger partial charge is 0.229 e. The second-order valence-corrected chi connectivity index (χ2v) is 7.09. The van der Waals surface area contributed by atoms with Gasteiger partial charge in [0.2, 0.25) is 11.8 Å². The van der Waals surface area contributed by atoms with E-state index in [1.165, 1.54) is 0 Å². The molecule has 0 aliphatic carbocycles. The first-order chi connectivity index (χ1) is 11.5. The number of aromatic nitrogens is 2. The summed E-state index contributed by atoms with van der Waals surface area (Å²) in [7, 11) is 0. The van der Waals surface area contributed by atoms with Crippen molar-refractivity contribution in [3.63, 3.8) is 0 Å². The van der Waals surface area contributed by atoms with Crippen LogP contribution in [0.15, 0.2) is 18.3 Å². The maximum Gasteiger partial charge on any atom is 0.229 e. The van der Waals surface area contributed by atoms with E-state index in [4.69, 9.17) is 0 Å². The molecule has 0 fully saturated rings. The van der Waals surface area contributed by atoms with Crippen LogP contribution in [0.4, 0.5) is 0 Å². The molecular weight excluding hydrogens is 304 g/mol. The van der Waals surface area contributed by atoms with E-state index in [1.807, 2.05) is 35.1 Å². The van der Waals surface area contributed by atoms with Crippen molar-refractivity contribution < 1.29 is 9.59 Å². The van der Waals surface area contributed by atoms with Gasteiger partial charge in [-0.15, -0.1) is 0 Å². The molecule has 6 heteroatoms. The Labute approximate surface area is 143 Å². The summed E-state index contributed by atoms with van der Waals surface area (Å²) in [6.45, 7) is 8.98. The molecule has 6 nitrogen and oxygen atoms in total. The largest absolute Gasteiger partial charge is 0.335 e. The zero-order valence-corrected chi connectivity index (χ0v) is 14.7. The molecule has 1 atom stereocenters.